The highest BCUT2D eigenvalue weighted by molar-refractivity contribution is 5.57. The van der Waals surface area contributed by atoms with Gasteiger partial charge >= 0.3 is 0 Å². The fraction of sp³-hybridized carbons (Fsp3) is 0.368. The van der Waals surface area contributed by atoms with Crippen LogP contribution in [0.2, 0.25) is 0 Å². The molecule has 0 aliphatic carbocycles. The Morgan fingerprint density at radius 2 is 1.76 bits per heavy atom. The van der Waals surface area contributed by atoms with E-state index in [1.165, 1.54) is 22.4 Å². The SMILES string of the molecule is CCc1cccc(C)c1NCCN(C)Cc1ccccc1. The van der Waals surface area contributed by atoms with Crippen molar-refractivity contribution < 1.29 is 0 Å². The number of rotatable bonds is 7. The minimum Gasteiger partial charge on any atom is -0.383 e. The molecule has 0 spiro atoms. The van der Waals surface area contributed by atoms with Crippen LogP contribution in [0.15, 0.2) is 48.5 Å². The average Bonchev–Trinajstić information content (AvgIpc) is 2.49. The van der Waals surface area contributed by atoms with Crippen molar-refractivity contribution >= 4 is 5.69 Å². The summed E-state index contributed by atoms with van der Waals surface area (Å²) in [4.78, 5) is 2.35. The summed E-state index contributed by atoms with van der Waals surface area (Å²) in [6, 6.07) is 17.2. The molecule has 0 aliphatic heterocycles. The van der Waals surface area contributed by atoms with Crippen molar-refractivity contribution in [2.45, 2.75) is 26.8 Å². The highest BCUT2D eigenvalue weighted by Gasteiger charge is 2.04. The highest BCUT2D eigenvalue weighted by atomic mass is 15.1. The predicted octanol–water partition coefficient (Wildman–Crippen LogP) is 4.10. The lowest BCUT2D eigenvalue weighted by Crippen LogP contribution is -2.25. The topological polar surface area (TPSA) is 15.3 Å². The van der Waals surface area contributed by atoms with Gasteiger partial charge in [0.05, 0.1) is 0 Å². The van der Waals surface area contributed by atoms with Crippen molar-refractivity contribution in [1.29, 1.82) is 0 Å². The van der Waals surface area contributed by atoms with Crippen LogP contribution in [-0.2, 0) is 13.0 Å². The van der Waals surface area contributed by atoms with Crippen molar-refractivity contribution in [1.82, 2.24) is 4.90 Å². The molecule has 2 rings (SSSR count). The second-order valence-corrected chi connectivity index (χ2v) is 5.61. The molecule has 2 nitrogen and oxygen atoms in total. The molecule has 2 heteroatoms. The Hall–Kier alpha value is -1.80. The van der Waals surface area contributed by atoms with E-state index in [0.29, 0.717) is 0 Å². The Morgan fingerprint density at radius 3 is 2.48 bits per heavy atom. The van der Waals surface area contributed by atoms with E-state index < -0.39 is 0 Å². The Balaban J connectivity index is 1.84. The van der Waals surface area contributed by atoms with Gasteiger partial charge in [-0.05, 0) is 37.1 Å². The summed E-state index contributed by atoms with van der Waals surface area (Å²) in [5.74, 6) is 0. The smallest absolute Gasteiger partial charge is 0.0402 e. The highest BCUT2D eigenvalue weighted by Crippen LogP contribution is 2.20. The maximum atomic E-state index is 3.61. The maximum Gasteiger partial charge on any atom is 0.0402 e. The second kappa shape index (κ2) is 7.84. The lowest BCUT2D eigenvalue weighted by molar-refractivity contribution is 0.340. The van der Waals surface area contributed by atoms with Gasteiger partial charge in [-0.25, -0.2) is 0 Å². The Labute approximate surface area is 128 Å². The third-order valence-corrected chi connectivity index (χ3v) is 3.83. The van der Waals surface area contributed by atoms with Crippen LogP contribution in [0.5, 0.6) is 0 Å². The van der Waals surface area contributed by atoms with E-state index in [-0.39, 0.29) is 0 Å². The van der Waals surface area contributed by atoms with Crippen molar-refractivity contribution in [2.75, 3.05) is 25.5 Å². The van der Waals surface area contributed by atoms with Gasteiger partial charge in [0.2, 0.25) is 0 Å². The van der Waals surface area contributed by atoms with Gasteiger partial charge in [0, 0.05) is 25.3 Å². The molecular formula is C19H26N2. The third-order valence-electron chi connectivity index (χ3n) is 3.83. The summed E-state index contributed by atoms with van der Waals surface area (Å²) in [5, 5.41) is 3.61. The predicted molar refractivity (Wildman–Crippen MR) is 91.8 cm³/mol. The Morgan fingerprint density at radius 1 is 1.00 bits per heavy atom. The van der Waals surface area contributed by atoms with Gasteiger partial charge in [0.25, 0.3) is 0 Å². The first-order valence-corrected chi connectivity index (χ1v) is 7.75. The summed E-state index contributed by atoms with van der Waals surface area (Å²) in [6.45, 7) is 7.39. The zero-order chi connectivity index (χ0) is 15.1. The normalized spacial score (nSPS) is 10.9. The van der Waals surface area contributed by atoms with E-state index >= 15 is 0 Å². The molecule has 1 N–H and O–H groups in total. The summed E-state index contributed by atoms with van der Waals surface area (Å²) in [5.41, 5.74) is 5.42. The molecule has 0 unspecified atom stereocenters. The average molecular weight is 282 g/mol. The number of nitrogens with one attached hydrogen (secondary N) is 1. The van der Waals surface area contributed by atoms with Gasteiger partial charge in [-0.3, -0.25) is 0 Å². The molecule has 0 heterocycles. The minimum atomic E-state index is 0.973. The van der Waals surface area contributed by atoms with Crippen molar-refractivity contribution in [2.24, 2.45) is 0 Å². The maximum absolute atomic E-state index is 3.61. The third kappa shape index (κ3) is 4.61. The standard InChI is InChI=1S/C19H26N2/c1-4-18-12-8-9-16(2)19(18)20-13-14-21(3)15-17-10-6-5-7-11-17/h5-12,20H,4,13-15H2,1-3H3. The number of nitrogens with zero attached hydrogens (tertiary/aromatic N) is 1. The number of benzene rings is 2. The number of hydrogen-bond donors (Lipinski definition) is 1. The first kappa shape index (κ1) is 15.6. The fourth-order valence-corrected chi connectivity index (χ4v) is 2.62. The zero-order valence-electron chi connectivity index (χ0n) is 13.4. The molecule has 0 radical (unpaired) electrons. The van der Waals surface area contributed by atoms with Crippen LogP contribution in [0.25, 0.3) is 0 Å². The molecule has 0 fully saturated rings. The monoisotopic (exact) mass is 282 g/mol. The largest absolute Gasteiger partial charge is 0.383 e. The van der Waals surface area contributed by atoms with E-state index in [0.717, 1.165) is 26.1 Å². The van der Waals surface area contributed by atoms with Crippen molar-refractivity contribution in [3.63, 3.8) is 0 Å². The van der Waals surface area contributed by atoms with Crippen LogP contribution in [0.3, 0.4) is 0 Å². The second-order valence-electron chi connectivity index (χ2n) is 5.61. The van der Waals surface area contributed by atoms with Gasteiger partial charge in [0.15, 0.2) is 0 Å². The molecule has 0 saturated carbocycles. The lowest BCUT2D eigenvalue weighted by atomic mass is 10.1. The molecule has 21 heavy (non-hydrogen) atoms. The molecule has 0 aliphatic rings. The van der Waals surface area contributed by atoms with Gasteiger partial charge in [-0.1, -0.05) is 55.5 Å². The molecule has 2 aromatic rings. The molecular weight excluding hydrogens is 256 g/mol. The number of para-hydroxylation sites is 1. The Bertz CT molecular complexity index is 549. The van der Waals surface area contributed by atoms with E-state index in [4.69, 9.17) is 0 Å². The number of hydrogen-bond acceptors (Lipinski definition) is 2. The van der Waals surface area contributed by atoms with E-state index in [2.05, 4.69) is 79.6 Å². The van der Waals surface area contributed by atoms with Crippen LogP contribution < -0.4 is 5.32 Å². The summed E-state index contributed by atoms with van der Waals surface area (Å²) < 4.78 is 0. The molecule has 112 valence electrons. The van der Waals surface area contributed by atoms with Crippen LogP contribution >= 0.6 is 0 Å². The van der Waals surface area contributed by atoms with Crippen molar-refractivity contribution in [3.05, 3.63) is 65.2 Å². The van der Waals surface area contributed by atoms with E-state index in [1.54, 1.807) is 0 Å². The summed E-state index contributed by atoms with van der Waals surface area (Å²) >= 11 is 0. The Kier molecular flexibility index (Phi) is 5.82. The van der Waals surface area contributed by atoms with E-state index in [1.807, 2.05) is 0 Å². The molecule has 0 saturated heterocycles. The number of anilines is 1. The minimum absolute atomic E-state index is 0.973. The van der Waals surface area contributed by atoms with Gasteiger partial charge in [-0.15, -0.1) is 0 Å². The molecule has 0 aromatic heterocycles. The molecule has 2 aromatic carbocycles. The molecule has 0 bridgehead atoms. The van der Waals surface area contributed by atoms with Crippen LogP contribution in [0, 0.1) is 6.92 Å². The quantitative estimate of drug-likeness (QED) is 0.822. The van der Waals surface area contributed by atoms with Crippen LogP contribution in [-0.4, -0.2) is 25.0 Å². The van der Waals surface area contributed by atoms with Gasteiger partial charge in [0.1, 0.15) is 0 Å². The number of likely N-dealkylation sites (N-methyl/N-ethyl adjacent to an activating group) is 1. The molecule has 0 amide bonds. The van der Waals surface area contributed by atoms with Gasteiger partial charge < -0.3 is 10.2 Å². The fourth-order valence-electron chi connectivity index (χ4n) is 2.62. The van der Waals surface area contributed by atoms with E-state index in [9.17, 15) is 0 Å². The van der Waals surface area contributed by atoms with Crippen LogP contribution in [0.4, 0.5) is 5.69 Å². The summed E-state index contributed by atoms with van der Waals surface area (Å²) in [7, 11) is 2.17. The van der Waals surface area contributed by atoms with Gasteiger partial charge in [-0.2, -0.15) is 0 Å². The van der Waals surface area contributed by atoms with Crippen molar-refractivity contribution in [3.8, 4) is 0 Å². The molecule has 0 atom stereocenters. The lowest BCUT2D eigenvalue weighted by Gasteiger charge is -2.19. The first-order valence-electron chi connectivity index (χ1n) is 7.75. The summed E-state index contributed by atoms with van der Waals surface area (Å²) in [6.07, 6.45) is 1.07. The number of aryl methyl sites for hydroxylation is 2. The van der Waals surface area contributed by atoms with Crippen LogP contribution in [0.1, 0.15) is 23.6 Å². The zero-order valence-corrected chi connectivity index (χ0v) is 13.4. The first-order chi connectivity index (χ1) is 10.2.